The van der Waals surface area contributed by atoms with Crippen LogP contribution in [0.15, 0.2) is 24.3 Å². The molecule has 0 radical (unpaired) electrons. The first-order valence-corrected chi connectivity index (χ1v) is 5.26. The van der Waals surface area contributed by atoms with E-state index in [0.29, 0.717) is 11.3 Å². The monoisotopic (exact) mass is 179 g/mol. The molecule has 64 valence electrons. The number of nitrogens with two attached hydrogens (primary N) is 1. The molecular formula is C10H13NS. The van der Waals surface area contributed by atoms with E-state index in [1.54, 1.807) is 0 Å². The van der Waals surface area contributed by atoms with Crippen molar-refractivity contribution < 1.29 is 0 Å². The van der Waals surface area contributed by atoms with Gasteiger partial charge in [0.2, 0.25) is 0 Å². The van der Waals surface area contributed by atoms with Crippen LogP contribution in [-0.4, -0.2) is 11.8 Å². The highest BCUT2D eigenvalue weighted by Crippen LogP contribution is 2.41. The lowest BCUT2D eigenvalue weighted by atomic mass is 10.0. The fourth-order valence-corrected chi connectivity index (χ4v) is 2.44. The van der Waals surface area contributed by atoms with Crippen LogP contribution in [0.1, 0.15) is 16.4 Å². The van der Waals surface area contributed by atoms with E-state index in [1.807, 2.05) is 11.8 Å². The molecule has 0 bridgehead atoms. The Balaban J connectivity index is 2.22. The molecule has 1 aliphatic heterocycles. The summed E-state index contributed by atoms with van der Waals surface area (Å²) in [6.45, 7) is 2.12. The molecule has 1 aromatic carbocycles. The van der Waals surface area contributed by atoms with E-state index in [9.17, 15) is 0 Å². The smallest absolute Gasteiger partial charge is 0.0457 e. The van der Waals surface area contributed by atoms with Gasteiger partial charge in [0, 0.05) is 17.0 Å². The Labute approximate surface area is 77.3 Å². The van der Waals surface area contributed by atoms with E-state index < -0.39 is 0 Å². The second-order valence-electron chi connectivity index (χ2n) is 3.33. The lowest BCUT2D eigenvalue weighted by Gasteiger charge is -2.33. The minimum atomic E-state index is 0.372. The summed E-state index contributed by atoms with van der Waals surface area (Å²) in [5, 5.41) is 0.546. The predicted molar refractivity (Wildman–Crippen MR) is 54.4 cm³/mol. The van der Waals surface area contributed by atoms with Gasteiger partial charge in [-0.2, -0.15) is 11.8 Å². The molecule has 2 rings (SSSR count). The molecule has 1 saturated heterocycles. The van der Waals surface area contributed by atoms with Crippen molar-refractivity contribution in [2.45, 2.75) is 18.2 Å². The normalized spacial score (nSPS) is 28.2. The van der Waals surface area contributed by atoms with Crippen molar-refractivity contribution in [2.75, 3.05) is 5.75 Å². The average Bonchev–Trinajstić information content (AvgIpc) is 2.02. The van der Waals surface area contributed by atoms with Gasteiger partial charge in [-0.3, -0.25) is 0 Å². The predicted octanol–water partition coefficient (Wildman–Crippen LogP) is 2.11. The molecule has 1 nitrogen and oxygen atoms in total. The Hall–Kier alpha value is -0.470. The summed E-state index contributed by atoms with van der Waals surface area (Å²) < 4.78 is 0. The lowest BCUT2D eigenvalue weighted by Crippen LogP contribution is -2.37. The molecular weight excluding hydrogens is 166 g/mol. The highest BCUT2D eigenvalue weighted by atomic mass is 32.2. The molecule has 0 amide bonds. The van der Waals surface area contributed by atoms with Crippen molar-refractivity contribution >= 4 is 11.8 Å². The summed E-state index contributed by atoms with van der Waals surface area (Å²) >= 11 is 1.95. The minimum Gasteiger partial charge on any atom is -0.326 e. The maximum atomic E-state index is 5.88. The molecule has 12 heavy (non-hydrogen) atoms. The zero-order valence-corrected chi connectivity index (χ0v) is 7.97. The van der Waals surface area contributed by atoms with Gasteiger partial charge in [-0.25, -0.2) is 0 Å². The molecule has 0 aromatic heterocycles. The minimum absolute atomic E-state index is 0.372. The fourth-order valence-electron chi connectivity index (χ4n) is 1.49. The first-order valence-electron chi connectivity index (χ1n) is 4.21. The number of hydrogen-bond donors (Lipinski definition) is 1. The van der Waals surface area contributed by atoms with Gasteiger partial charge in [0.05, 0.1) is 0 Å². The van der Waals surface area contributed by atoms with Crippen molar-refractivity contribution in [2.24, 2.45) is 5.73 Å². The quantitative estimate of drug-likeness (QED) is 0.714. The van der Waals surface area contributed by atoms with Gasteiger partial charge in [-0.05, 0) is 12.5 Å². The number of hydrogen-bond acceptors (Lipinski definition) is 2. The standard InChI is InChI=1S/C10H13NS/c1-7-3-2-4-8(5-7)10-9(11)6-12-10/h2-5,9-10H,6,11H2,1H3. The number of benzene rings is 1. The third kappa shape index (κ3) is 1.37. The van der Waals surface area contributed by atoms with Crippen LogP contribution in [0.3, 0.4) is 0 Å². The zero-order chi connectivity index (χ0) is 8.55. The van der Waals surface area contributed by atoms with Crippen LogP contribution in [0.5, 0.6) is 0 Å². The van der Waals surface area contributed by atoms with E-state index >= 15 is 0 Å². The van der Waals surface area contributed by atoms with Gasteiger partial charge in [-0.15, -0.1) is 0 Å². The van der Waals surface area contributed by atoms with E-state index in [2.05, 4.69) is 31.2 Å². The van der Waals surface area contributed by atoms with Crippen LogP contribution >= 0.6 is 11.8 Å². The molecule has 2 unspecified atom stereocenters. The van der Waals surface area contributed by atoms with E-state index in [0.717, 1.165) is 5.75 Å². The van der Waals surface area contributed by atoms with Gasteiger partial charge in [0.25, 0.3) is 0 Å². The molecule has 0 aliphatic carbocycles. The topological polar surface area (TPSA) is 26.0 Å². The van der Waals surface area contributed by atoms with Crippen molar-refractivity contribution in [3.05, 3.63) is 35.4 Å². The molecule has 2 atom stereocenters. The van der Waals surface area contributed by atoms with Crippen LogP contribution < -0.4 is 5.73 Å². The van der Waals surface area contributed by atoms with Gasteiger partial charge in [0.15, 0.2) is 0 Å². The lowest BCUT2D eigenvalue weighted by molar-refractivity contribution is 0.686. The van der Waals surface area contributed by atoms with Gasteiger partial charge >= 0.3 is 0 Å². The largest absolute Gasteiger partial charge is 0.326 e. The molecule has 2 N–H and O–H groups in total. The average molecular weight is 179 g/mol. The summed E-state index contributed by atoms with van der Waals surface area (Å²) in [6, 6.07) is 9.01. The summed E-state index contributed by atoms with van der Waals surface area (Å²) in [4.78, 5) is 0. The summed E-state index contributed by atoms with van der Waals surface area (Å²) in [5.41, 5.74) is 8.60. The molecule has 0 saturated carbocycles. The van der Waals surface area contributed by atoms with Gasteiger partial charge in [0.1, 0.15) is 0 Å². The van der Waals surface area contributed by atoms with Crippen molar-refractivity contribution in [1.82, 2.24) is 0 Å². The van der Waals surface area contributed by atoms with Crippen LogP contribution in [0.4, 0.5) is 0 Å². The third-order valence-electron chi connectivity index (χ3n) is 2.23. The second-order valence-corrected chi connectivity index (χ2v) is 4.51. The SMILES string of the molecule is Cc1cccc(C2SCC2N)c1. The molecule has 1 aliphatic rings. The molecule has 1 fully saturated rings. The number of rotatable bonds is 1. The molecule has 0 spiro atoms. The maximum Gasteiger partial charge on any atom is 0.0457 e. The maximum absolute atomic E-state index is 5.88. The Morgan fingerprint density at radius 1 is 1.50 bits per heavy atom. The molecule has 1 heterocycles. The van der Waals surface area contributed by atoms with Crippen LogP contribution in [0.2, 0.25) is 0 Å². The van der Waals surface area contributed by atoms with E-state index in [4.69, 9.17) is 5.73 Å². The van der Waals surface area contributed by atoms with Crippen molar-refractivity contribution in [3.8, 4) is 0 Å². The fraction of sp³-hybridized carbons (Fsp3) is 0.400. The Morgan fingerprint density at radius 2 is 2.33 bits per heavy atom. The zero-order valence-electron chi connectivity index (χ0n) is 7.16. The Kier molecular flexibility index (Phi) is 2.11. The Morgan fingerprint density at radius 3 is 2.83 bits per heavy atom. The molecule has 1 aromatic rings. The number of aryl methyl sites for hydroxylation is 1. The van der Waals surface area contributed by atoms with Crippen molar-refractivity contribution in [1.29, 1.82) is 0 Å². The number of thioether (sulfide) groups is 1. The third-order valence-corrected chi connectivity index (χ3v) is 3.79. The van der Waals surface area contributed by atoms with Crippen LogP contribution in [0.25, 0.3) is 0 Å². The van der Waals surface area contributed by atoms with Gasteiger partial charge < -0.3 is 5.73 Å². The summed E-state index contributed by atoms with van der Waals surface area (Å²) in [6.07, 6.45) is 0. The first-order chi connectivity index (χ1) is 5.77. The highest BCUT2D eigenvalue weighted by molar-refractivity contribution is 8.01. The summed E-state index contributed by atoms with van der Waals surface area (Å²) in [7, 11) is 0. The summed E-state index contributed by atoms with van der Waals surface area (Å²) in [5.74, 6) is 1.11. The van der Waals surface area contributed by atoms with Crippen LogP contribution in [-0.2, 0) is 0 Å². The Bertz CT molecular complexity index is 285. The van der Waals surface area contributed by atoms with E-state index in [-0.39, 0.29) is 0 Å². The first kappa shape index (κ1) is 8.14. The van der Waals surface area contributed by atoms with Gasteiger partial charge in [-0.1, -0.05) is 29.8 Å². The highest BCUT2D eigenvalue weighted by Gasteiger charge is 2.29. The van der Waals surface area contributed by atoms with Crippen molar-refractivity contribution in [3.63, 3.8) is 0 Å². The van der Waals surface area contributed by atoms with Crippen LogP contribution in [0, 0.1) is 6.92 Å². The molecule has 2 heteroatoms. The van der Waals surface area contributed by atoms with E-state index in [1.165, 1.54) is 11.1 Å². The second kappa shape index (κ2) is 3.11.